The molecule has 2 aromatic rings. The predicted molar refractivity (Wildman–Crippen MR) is 59.1 cm³/mol. The van der Waals surface area contributed by atoms with Crippen LogP contribution in [0.3, 0.4) is 0 Å². The Bertz CT molecular complexity index is 589. The zero-order chi connectivity index (χ0) is 12.5. The van der Waals surface area contributed by atoms with Crippen LogP contribution in [-0.2, 0) is 0 Å². The maximum Gasteiger partial charge on any atom is 0.405 e. The van der Waals surface area contributed by atoms with E-state index < -0.39 is 12.7 Å². The molecule has 1 aromatic carbocycles. The van der Waals surface area contributed by atoms with Crippen LogP contribution in [0.5, 0.6) is 0 Å². The summed E-state index contributed by atoms with van der Waals surface area (Å²) in [5, 5.41) is 2.59. The van der Waals surface area contributed by atoms with E-state index >= 15 is 0 Å². The summed E-state index contributed by atoms with van der Waals surface area (Å²) in [6.45, 7) is -1.18. The Morgan fingerprint density at radius 2 is 1.94 bits per heavy atom. The first kappa shape index (κ1) is 11.5. The van der Waals surface area contributed by atoms with E-state index in [0.717, 1.165) is 6.07 Å². The Labute approximate surface area is 94.3 Å². The number of aromatic nitrogens is 1. The molecule has 0 aliphatic rings. The highest BCUT2D eigenvalue weighted by Gasteiger charge is 2.26. The minimum Gasteiger partial charge on any atom is -0.363 e. The van der Waals surface area contributed by atoms with Crippen molar-refractivity contribution in [1.29, 1.82) is 0 Å². The highest BCUT2D eigenvalue weighted by molar-refractivity contribution is 5.79. The highest BCUT2D eigenvalue weighted by Crippen LogP contribution is 2.16. The van der Waals surface area contributed by atoms with Gasteiger partial charge < -0.3 is 10.3 Å². The first-order chi connectivity index (χ1) is 7.96. The van der Waals surface area contributed by atoms with Crippen LogP contribution in [0, 0.1) is 0 Å². The quantitative estimate of drug-likeness (QED) is 0.849. The number of hydrogen-bond donors (Lipinski definition) is 2. The third-order valence-corrected chi connectivity index (χ3v) is 2.22. The number of anilines is 1. The molecule has 1 aromatic heterocycles. The van der Waals surface area contributed by atoms with Crippen LogP contribution in [0.15, 0.2) is 35.1 Å². The summed E-state index contributed by atoms with van der Waals surface area (Å²) in [4.78, 5) is 14.3. The number of hydrogen-bond acceptors (Lipinski definition) is 2. The number of alkyl halides is 3. The molecular formula is C11H9F3N2O. The van der Waals surface area contributed by atoms with Crippen LogP contribution in [0.25, 0.3) is 10.9 Å². The number of H-pyrrole nitrogens is 1. The molecule has 90 valence electrons. The fourth-order valence-electron chi connectivity index (χ4n) is 1.49. The average molecular weight is 242 g/mol. The van der Waals surface area contributed by atoms with Crippen molar-refractivity contribution < 1.29 is 13.2 Å². The average Bonchev–Trinajstić information content (AvgIpc) is 2.26. The molecule has 2 rings (SSSR count). The van der Waals surface area contributed by atoms with Gasteiger partial charge in [0.05, 0.1) is 5.52 Å². The summed E-state index contributed by atoms with van der Waals surface area (Å²) in [6.07, 6.45) is -4.32. The van der Waals surface area contributed by atoms with Gasteiger partial charge in [0.25, 0.3) is 0 Å². The lowest BCUT2D eigenvalue weighted by molar-refractivity contribution is -0.115. The van der Waals surface area contributed by atoms with Crippen molar-refractivity contribution in [3.05, 3.63) is 40.6 Å². The van der Waals surface area contributed by atoms with E-state index in [9.17, 15) is 18.0 Å². The van der Waals surface area contributed by atoms with Gasteiger partial charge in [0.1, 0.15) is 12.4 Å². The van der Waals surface area contributed by atoms with E-state index in [-0.39, 0.29) is 11.2 Å². The van der Waals surface area contributed by atoms with Gasteiger partial charge in [-0.3, -0.25) is 4.79 Å². The molecule has 0 saturated carbocycles. The van der Waals surface area contributed by atoms with E-state index in [1.54, 1.807) is 24.3 Å². The third kappa shape index (κ3) is 2.77. The monoisotopic (exact) mass is 242 g/mol. The number of benzene rings is 1. The van der Waals surface area contributed by atoms with Gasteiger partial charge in [0.2, 0.25) is 0 Å². The van der Waals surface area contributed by atoms with Crippen LogP contribution in [0.1, 0.15) is 0 Å². The van der Waals surface area contributed by atoms with Gasteiger partial charge in [0, 0.05) is 11.5 Å². The summed E-state index contributed by atoms with van der Waals surface area (Å²) in [5.41, 5.74) is 0.189. The zero-order valence-corrected chi connectivity index (χ0v) is 8.64. The standard InChI is InChI=1S/C11H9F3N2O/c12-11(13,14)6-15-10-5-9(17)7-3-1-2-4-8(7)16-10/h1-5H,6H2,(H2,15,16,17). The largest absolute Gasteiger partial charge is 0.405 e. The number of rotatable bonds is 2. The van der Waals surface area contributed by atoms with Gasteiger partial charge in [-0.25, -0.2) is 0 Å². The number of fused-ring (bicyclic) bond motifs is 1. The van der Waals surface area contributed by atoms with E-state index in [1.165, 1.54) is 0 Å². The maximum atomic E-state index is 12.0. The van der Waals surface area contributed by atoms with Gasteiger partial charge in [-0.2, -0.15) is 13.2 Å². The first-order valence-electron chi connectivity index (χ1n) is 4.88. The van der Waals surface area contributed by atoms with Crippen molar-refractivity contribution in [3.8, 4) is 0 Å². The van der Waals surface area contributed by atoms with Gasteiger partial charge >= 0.3 is 6.18 Å². The van der Waals surface area contributed by atoms with Crippen LogP contribution in [0.2, 0.25) is 0 Å². The molecule has 0 aliphatic heterocycles. The van der Waals surface area contributed by atoms with Gasteiger partial charge in [-0.15, -0.1) is 0 Å². The fraction of sp³-hybridized carbons (Fsp3) is 0.182. The van der Waals surface area contributed by atoms with Crippen LogP contribution >= 0.6 is 0 Å². The molecule has 0 spiro atoms. The Morgan fingerprint density at radius 1 is 1.24 bits per heavy atom. The molecule has 6 heteroatoms. The lowest BCUT2D eigenvalue weighted by Gasteiger charge is -2.09. The summed E-state index contributed by atoms with van der Waals surface area (Å²) in [7, 11) is 0. The second-order valence-electron chi connectivity index (χ2n) is 3.56. The van der Waals surface area contributed by atoms with Crippen molar-refractivity contribution in [1.82, 2.24) is 4.98 Å². The van der Waals surface area contributed by atoms with Crippen molar-refractivity contribution in [2.45, 2.75) is 6.18 Å². The lowest BCUT2D eigenvalue weighted by Crippen LogP contribution is -2.22. The maximum absolute atomic E-state index is 12.0. The van der Waals surface area contributed by atoms with Crippen LogP contribution in [-0.4, -0.2) is 17.7 Å². The van der Waals surface area contributed by atoms with E-state index in [0.29, 0.717) is 10.9 Å². The molecule has 17 heavy (non-hydrogen) atoms. The SMILES string of the molecule is O=c1cc(NCC(F)(F)F)[nH]c2ccccc12. The Hall–Kier alpha value is -1.98. The van der Waals surface area contributed by atoms with Crippen molar-refractivity contribution in [2.24, 2.45) is 0 Å². The molecule has 0 bridgehead atoms. The fourth-order valence-corrected chi connectivity index (χ4v) is 1.49. The minimum atomic E-state index is -4.32. The smallest absolute Gasteiger partial charge is 0.363 e. The molecule has 3 nitrogen and oxygen atoms in total. The number of pyridine rings is 1. The third-order valence-electron chi connectivity index (χ3n) is 2.22. The minimum absolute atomic E-state index is 0.0611. The van der Waals surface area contributed by atoms with E-state index in [2.05, 4.69) is 10.3 Å². The van der Waals surface area contributed by atoms with Crippen molar-refractivity contribution in [3.63, 3.8) is 0 Å². The van der Waals surface area contributed by atoms with E-state index in [1.807, 2.05) is 0 Å². The van der Waals surface area contributed by atoms with Gasteiger partial charge in [-0.05, 0) is 12.1 Å². The molecule has 0 amide bonds. The number of halogens is 3. The first-order valence-corrected chi connectivity index (χ1v) is 4.88. The Morgan fingerprint density at radius 3 is 2.65 bits per heavy atom. The molecule has 0 aliphatic carbocycles. The summed E-state index contributed by atoms with van der Waals surface area (Å²) < 4.78 is 36.0. The van der Waals surface area contributed by atoms with Gasteiger partial charge in [-0.1, -0.05) is 12.1 Å². The summed E-state index contributed by atoms with van der Waals surface area (Å²) >= 11 is 0. The number of nitrogens with one attached hydrogen (secondary N) is 2. The van der Waals surface area contributed by atoms with Crippen molar-refractivity contribution >= 4 is 16.7 Å². The summed E-state index contributed by atoms with van der Waals surface area (Å²) in [5.74, 6) is 0.0611. The molecule has 0 unspecified atom stereocenters. The molecule has 1 heterocycles. The molecule has 2 N–H and O–H groups in total. The molecule has 0 radical (unpaired) electrons. The number of para-hydroxylation sites is 1. The second-order valence-corrected chi connectivity index (χ2v) is 3.56. The summed E-state index contributed by atoms with van der Waals surface area (Å²) in [6, 6.07) is 7.76. The van der Waals surface area contributed by atoms with Gasteiger partial charge in [0.15, 0.2) is 5.43 Å². The molecule has 0 atom stereocenters. The topological polar surface area (TPSA) is 44.9 Å². The lowest BCUT2D eigenvalue weighted by atomic mass is 10.2. The Kier molecular flexibility index (Phi) is 2.79. The second kappa shape index (κ2) is 4.12. The normalized spacial score (nSPS) is 11.7. The van der Waals surface area contributed by atoms with Crippen molar-refractivity contribution in [2.75, 3.05) is 11.9 Å². The zero-order valence-electron chi connectivity index (χ0n) is 8.64. The number of aromatic amines is 1. The molecule has 0 fully saturated rings. The van der Waals surface area contributed by atoms with Crippen LogP contribution in [0.4, 0.5) is 19.0 Å². The van der Waals surface area contributed by atoms with E-state index in [4.69, 9.17) is 0 Å². The van der Waals surface area contributed by atoms with Crippen LogP contribution < -0.4 is 10.7 Å². The molecular weight excluding hydrogens is 233 g/mol. The Balaban J connectivity index is 2.34. The molecule has 0 saturated heterocycles. The predicted octanol–water partition coefficient (Wildman–Crippen LogP) is 2.50. The highest BCUT2D eigenvalue weighted by atomic mass is 19.4.